The predicted molar refractivity (Wildman–Crippen MR) is 101 cm³/mol. The van der Waals surface area contributed by atoms with Gasteiger partial charge in [0.2, 0.25) is 0 Å². The largest absolute Gasteiger partial charge is 0.362 e. The molecule has 2 heterocycles. The number of likely N-dealkylation sites (tertiary alicyclic amines) is 1. The molecule has 6 nitrogen and oxygen atoms in total. The number of carbonyl (C=O) groups is 2. The molecule has 1 saturated heterocycles. The van der Waals surface area contributed by atoms with Gasteiger partial charge in [-0.05, 0) is 30.3 Å². The Balaban J connectivity index is 1.43. The van der Waals surface area contributed by atoms with Crippen molar-refractivity contribution in [2.45, 2.75) is 18.5 Å². The van der Waals surface area contributed by atoms with Crippen LogP contribution in [0.4, 0.5) is 20.6 Å². The second kappa shape index (κ2) is 6.74. The van der Waals surface area contributed by atoms with Crippen molar-refractivity contribution < 1.29 is 14.0 Å². The van der Waals surface area contributed by atoms with E-state index >= 15 is 0 Å². The van der Waals surface area contributed by atoms with Crippen LogP contribution in [-0.2, 0) is 0 Å². The molecule has 140 valence electrons. The van der Waals surface area contributed by atoms with Crippen LogP contribution in [0.25, 0.3) is 0 Å². The number of anilines is 2. The molecule has 0 radical (unpaired) electrons. The Morgan fingerprint density at radius 2 is 1.89 bits per heavy atom. The number of rotatable bonds is 1. The number of piperidine rings is 1. The van der Waals surface area contributed by atoms with E-state index in [1.165, 1.54) is 12.1 Å². The van der Waals surface area contributed by atoms with Crippen LogP contribution in [0.2, 0.25) is 5.02 Å². The summed E-state index contributed by atoms with van der Waals surface area (Å²) in [5.74, 6) is -0.621. The zero-order chi connectivity index (χ0) is 19.0. The summed E-state index contributed by atoms with van der Waals surface area (Å²) in [5, 5.41) is 9.48. The first-order valence-corrected chi connectivity index (χ1v) is 9.04. The van der Waals surface area contributed by atoms with Crippen LogP contribution in [0, 0.1) is 5.82 Å². The third-order valence-electron chi connectivity index (χ3n) is 4.95. The Morgan fingerprint density at radius 3 is 2.63 bits per heavy atom. The molecule has 4 rings (SSSR count). The summed E-state index contributed by atoms with van der Waals surface area (Å²) in [6, 6.07) is 10.8. The summed E-state index contributed by atoms with van der Waals surface area (Å²) in [5.41, 5.74) is 0.942. The van der Waals surface area contributed by atoms with Gasteiger partial charge in [0.1, 0.15) is 11.5 Å². The molecule has 3 N–H and O–H groups in total. The number of hydrogen-bond donors (Lipinski definition) is 3. The van der Waals surface area contributed by atoms with Gasteiger partial charge in [-0.25, -0.2) is 9.18 Å². The van der Waals surface area contributed by atoms with Gasteiger partial charge in [-0.2, -0.15) is 0 Å². The van der Waals surface area contributed by atoms with Crippen molar-refractivity contribution in [2.24, 2.45) is 0 Å². The highest BCUT2D eigenvalue weighted by Gasteiger charge is 2.41. The molecule has 2 aromatic rings. The lowest BCUT2D eigenvalue weighted by Crippen LogP contribution is -2.63. The molecule has 2 aliphatic heterocycles. The summed E-state index contributed by atoms with van der Waals surface area (Å²) in [7, 11) is 0. The van der Waals surface area contributed by atoms with Gasteiger partial charge in [-0.15, -0.1) is 0 Å². The van der Waals surface area contributed by atoms with Crippen LogP contribution in [0.15, 0.2) is 42.5 Å². The molecule has 8 heteroatoms. The topological polar surface area (TPSA) is 73.5 Å². The summed E-state index contributed by atoms with van der Waals surface area (Å²) in [4.78, 5) is 26.6. The molecule has 0 saturated carbocycles. The fourth-order valence-electron chi connectivity index (χ4n) is 3.54. The van der Waals surface area contributed by atoms with E-state index in [0.717, 1.165) is 0 Å². The van der Waals surface area contributed by atoms with E-state index in [0.29, 0.717) is 47.9 Å². The molecular weight excluding hydrogens is 371 g/mol. The van der Waals surface area contributed by atoms with Crippen LogP contribution in [0.3, 0.4) is 0 Å². The first-order chi connectivity index (χ1) is 13.0. The molecule has 2 aliphatic rings. The first kappa shape index (κ1) is 17.6. The highest BCUT2D eigenvalue weighted by atomic mass is 35.5. The van der Waals surface area contributed by atoms with Crippen LogP contribution in [0.1, 0.15) is 23.2 Å². The number of benzene rings is 2. The Kier molecular flexibility index (Phi) is 4.39. The Morgan fingerprint density at radius 1 is 1.15 bits per heavy atom. The molecule has 27 heavy (non-hydrogen) atoms. The Hall–Kier alpha value is -2.80. The number of nitrogens with zero attached hydrogens (tertiary/aromatic N) is 1. The van der Waals surface area contributed by atoms with Crippen molar-refractivity contribution in [1.82, 2.24) is 10.2 Å². The average Bonchev–Trinajstić information content (AvgIpc) is 2.62. The van der Waals surface area contributed by atoms with Gasteiger partial charge in [0.25, 0.3) is 5.91 Å². The maximum atomic E-state index is 13.3. The standard InChI is InChI=1S/C19H18ClFN4O2/c20-14-5-2-6-15-16(14)17(26)24-19(23-15)7-9-25(10-8-19)18(27)22-13-4-1-3-12(21)11-13/h1-6,11,23H,7-10H2,(H,22,27)(H,24,26). The van der Waals surface area contributed by atoms with Gasteiger partial charge < -0.3 is 20.9 Å². The van der Waals surface area contributed by atoms with Gasteiger partial charge in [0, 0.05) is 31.6 Å². The summed E-state index contributed by atoms with van der Waals surface area (Å²) in [6.07, 6.45) is 1.09. The van der Waals surface area contributed by atoms with Gasteiger partial charge in [0.05, 0.1) is 16.3 Å². The molecule has 2 aromatic carbocycles. The number of amides is 3. The molecule has 0 bridgehead atoms. The number of urea groups is 1. The van der Waals surface area contributed by atoms with Crippen LogP contribution < -0.4 is 16.0 Å². The first-order valence-electron chi connectivity index (χ1n) is 8.66. The van der Waals surface area contributed by atoms with Gasteiger partial charge in [-0.1, -0.05) is 23.7 Å². The lowest BCUT2D eigenvalue weighted by molar-refractivity contribution is 0.0852. The highest BCUT2D eigenvalue weighted by molar-refractivity contribution is 6.34. The fourth-order valence-corrected chi connectivity index (χ4v) is 3.80. The molecule has 0 aromatic heterocycles. The third kappa shape index (κ3) is 3.42. The molecule has 1 spiro atoms. The van der Waals surface area contributed by atoms with E-state index in [4.69, 9.17) is 11.6 Å². The Bertz CT molecular complexity index is 912. The van der Waals surface area contributed by atoms with Gasteiger partial charge in [-0.3, -0.25) is 4.79 Å². The lowest BCUT2D eigenvalue weighted by Gasteiger charge is -2.45. The summed E-state index contributed by atoms with van der Waals surface area (Å²) in [6.45, 7) is 0.897. The molecule has 0 aliphatic carbocycles. The quantitative estimate of drug-likeness (QED) is 0.698. The Labute approximate surface area is 160 Å². The minimum atomic E-state index is -0.607. The fraction of sp³-hybridized carbons (Fsp3) is 0.263. The van der Waals surface area contributed by atoms with E-state index in [-0.39, 0.29) is 11.9 Å². The van der Waals surface area contributed by atoms with E-state index < -0.39 is 11.5 Å². The second-order valence-corrected chi connectivity index (χ2v) is 7.16. The second-order valence-electron chi connectivity index (χ2n) is 6.75. The van der Waals surface area contributed by atoms with E-state index in [1.54, 1.807) is 29.2 Å². The molecule has 0 unspecified atom stereocenters. The number of fused-ring (bicyclic) bond motifs is 1. The van der Waals surface area contributed by atoms with Crippen molar-refractivity contribution in [3.63, 3.8) is 0 Å². The minimum Gasteiger partial charge on any atom is -0.362 e. The van der Waals surface area contributed by atoms with Crippen molar-refractivity contribution in [3.05, 3.63) is 58.9 Å². The number of nitrogens with one attached hydrogen (secondary N) is 3. The zero-order valence-electron chi connectivity index (χ0n) is 14.4. The average molecular weight is 389 g/mol. The van der Waals surface area contributed by atoms with Crippen molar-refractivity contribution in [2.75, 3.05) is 23.7 Å². The van der Waals surface area contributed by atoms with E-state index in [1.807, 2.05) is 6.07 Å². The van der Waals surface area contributed by atoms with Crippen molar-refractivity contribution in [3.8, 4) is 0 Å². The maximum absolute atomic E-state index is 13.3. The molecule has 1 fully saturated rings. The van der Waals surface area contributed by atoms with Crippen LogP contribution in [-0.4, -0.2) is 35.6 Å². The predicted octanol–water partition coefficient (Wildman–Crippen LogP) is 3.66. The SMILES string of the molecule is O=C1NC2(CCN(C(=O)Nc3cccc(F)c3)CC2)Nc2cccc(Cl)c21. The minimum absolute atomic E-state index is 0.216. The number of carbonyl (C=O) groups excluding carboxylic acids is 2. The summed E-state index contributed by atoms with van der Waals surface area (Å²) < 4.78 is 13.3. The number of hydrogen-bond acceptors (Lipinski definition) is 3. The molecule has 0 atom stereocenters. The monoisotopic (exact) mass is 388 g/mol. The van der Waals surface area contributed by atoms with E-state index in [9.17, 15) is 14.0 Å². The van der Waals surface area contributed by atoms with Gasteiger partial charge >= 0.3 is 6.03 Å². The molecule has 3 amide bonds. The molecular formula is C19H18ClFN4O2. The van der Waals surface area contributed by atoms with Crippen molar-refractivity contribution >= 4 is 34.9 Å². The van der Waals surface area contributed by atoms with Crippen LogP contribution >= 0.6 is 11.6 Å². The van der Waals surface area contributed by atoms with Gasteiger partial charge in [0.15, 0.2) is 0 Å². The normalized spacial score (nSPS) is 17.7. The lowest BCUT2D eigenvalue weighted by atomic mass is 9.92. The maximum Gasteiger partial charge on any atom is 0.321 e. The highest BCUT2D eigenvalue weighted by Crippen LogP contribution is 2.34. The van der Waals surface area contributed by atoms with Crippen LogP contribution in [0.5, 0.6) is 0 Å². The van der Waals surface area contributed by atoms with E-state index in [2.05, 4.69) is 16.0 Å². The number of halogens is 2. The zero-order valence-corrected chi connectivity index (χ0v) is 15.1. The summed E-state index contributed by atoms with van der Waals surface area (Å²) >= 11 is 6.13. The third-order valence-corrected chi connectivity index (χ3v) is 5.26. The van der Waals surface area contributed by atoms with Crippen molar-refractivity contribution in [1.29, 1.82) is 0 Å². The smallest absolute Gasteiger partial charge is 0.321 e.